The van der Waals surface area contributed by atoms with Crippen molar-refractivity contribution in [2.45, 2.75) is 68.3 Å². The molecular weight excluding hydrogens is 584 g/mol. The fourth-order valence-corrected chi connectivity index (χ4v) is 7.82. The summed E-state index contributed by atoms with van der Waals surface area (Å²) in [5, 5.41) is 3.29. The second-order valence-corrected chi connectivity index (χ2v) is 13.3. The summed E-state index contributed by atoms with van der Waals surface area (Å²) in [5.41, 5.74) is 3.96. The molecule has 7 nitrogen and oxygen atoms in total. The van der Waals surface area contributed by atoms with E-state index in [0.717, 1.165) is 44.1 Å². The van der Waals surface area contributed by atoms with Crippen LogP contribution in [0, 0.1) is 0 Å². The van der Waals surface area contributed by atoms with Crippen molar-refractivity contribution in [3.8, 4) is 11.5 Å². The van der Waals surface area contributed by atoms with Crippen LogP contribution < -0.4 is 19.1 Å². The fourth-order valence-electron chi connectivity index (χ4n) is 6.12. The second-order valence-electron chi connectivity index (χ2n) is 11.5. The van der Waals surface area contributed by atoms with Crippen LogP contribution in [0.3, 0.4) is 0 Å². The van der Waals surface area contributed by atoms with Gasteiger partial charge in [0.15, 0.2) is 11.5 Å². The number of ether oxygens (including phenoxy) is 2. The van der Waals surface area contributed by atoms with Crippen LogP contribution in [0.2, 0.25) is 0 Å². The topological polar surface area (TPSA) is 84.9 Å². The van der Waals surface area contributed by atoms with Crippen LogP contribution in [0.15, 0.2) is 108 Å². The molecule has 1 heterocycles. The van der Waals surface area contributed by atoms with Crippen molar-refractivity contribution < 1.29 is 22.7 Å². The number of anilines is 1. The van der Waals surface area contributed by atoms with Crippen molar-refractivity contribution in [3.05, 3.63) is 120 Å². The minimum atomic E-state index is -4.13. The van der Waals surface area contributed by atoms with Gasteiger partial charge in [-0.1, -0.05) is 78.9 Å². The molecule has 0 unspecified atom stereocenters. The number of para-hydroxylation sites is 1. The van der Waals surface area contributed by atoms with Crippen molar-refractivity contribution in [1.82, 2.24) is 5.32 Å². The van der Waals surface area contributed by atoms with Crippen LogP contribution in [-0.2, 0) is 34.1 Å². The molecule has 1 amide bonds. The van der Waals surface area contributed by atoms with Gasteiger partial charge in [-0.2, -0.15) is 0 Å². The number of fused-ring (bicyclic) bond motifs is 1. The van der Waals surface area contributed by atoms with Gasteiger partial charge in [-0.25, -0.2) is 8.42 Å². The van der Waals surface area contributed by atoms with Crippen LogP contribution in [0.25, 0.3) is 0 Å². The van der Waals surface area contributed by atoms with Crippen LogP contribution in [0.5, 0.6) is 11.5 Å². The third-order valence-corrected chi connectivity index (χ3v) is 10.3. The first kappa shape index (κ1) is 32.1. The van der Waals surface area contributed by atoms with E-state index >= 15 is 0 Å². The van der Waals surface area contributed by atoms with Crippen LogP contribution in [0.4, 0.5) is 5.69 Å². The number of amides is 1. The summed E-state index contributed by atoms with van der Waals surface area (Å²) < 4.78 is 40.7. The Morgan fingerprint density at radius 3 is 1.98 bits per heavy atom. The molecule has 1 N–H and O–H groups in total. The number of nitrogens with zero attached hydrogens (tertiary/aromatic N) is 1. The van der Waals surface area contributed by atoms with Gasteiger partial charge in [-0.3, -0.25) is 9.10 Å². The van der Waals surface area contributed by atoms with Gasteiger partial charge in [0.1, 0.15) is 6.04 Å². The molecule has 0 radical (unpaired) electrons. The largest absolute Gasteiger partial charge is 0.493 e. The number of rotatable bonds is 14. The molecular formula is C37H42N2O5S. The zero-order valence-electron chi connectivity index (χ0n) is 26.0. The van der Waals surface area contributed by atoms with Gasteiger partial charge >= 0.3 is 0 Å². The monoisotopic (exact) mass is 626 g/mol. The predicted octanol–water partition coefficient (Wildman–Crippen LogP) is 6.74. The molecule has 0 fully saturated rings. The smallest absolute Gasteiger partial charge is 0.265 e. The molecule has 0 aromatic heterocycles. The summed E-state index contributed by atoms with van der Waals surface area (Å²) >= 11 is 0. The maximum absolute atomic E-state index is 14.3. The van der Waals surface area contributed by atoms with Crippen LogP contribution in [0.1, 0.15) is 48.8 Å². The average molecular weight is 627 g/mol. The lowest BCUT2D eigenvalue weighted by molar-refractivity contribution is -0.123. The summed E-state index contributed by atoms with van der Waals surface area (Å²) in [6.07, 6.45) is 6.28. The Hall–Kier alpha value is -4.30. The van der Waals surface area contributed by atoms with E-state index < -0.39 is 16.1 Å². The first-order chi connectivity index (χ1) is 21.9. The van der Waals surface area contributed by atoms with Gasteiger partial charge < -0.3 is 14.8 Å². The molecule has 1 aliphatic rings. The molecule has 0 saturated carbocycles. The summed E-state index contributed by atoms with van der Waals surface area (Å²) in [7, 11) is -1.16. The lowest BCUT2D eigenvalue weighted by Crippen LogP contribution is -2.54. The van der Waals surface area contributed by atoms with E-state index in [4.69, 9.17) is 9.47 Å². The lowest BCUT2D eigenvalue weighted by atomic mass is 9.96. The SMILES string of the molecule is COc1ccc(S(=O)(=O)N2c3ccccc3CC[C@H]2C(=O)NC(CCCc2ccccc2)CCCc2ccccc2)cc1OC. The molecule has 1 atom stereocenters. The third-order valence-electron chi connectivity index (χ3n) is 8.48. The third kappa shape index (κ3) is 7.87. The zero-order valence-corrected chi connectivity index (χ0v) is 26.8. The molecule has 8 heteroatoms. The van der Waals surface area contributed by atoms with Crippen molar-refractivity contribution >= 4 is 21.6 Å². The number of hydrogen-bond acceptors (Lipinski definition) is 5. The van der Waals surface area contributed by atoms with Crippen LogP contribution >= 0.6 is 0 Å². The molecule has 5 rings (SSSR count). The van der Waals surface area contributed by atoms with Gasteiger partial charge in [0.2, 0.25) is 5.91 Å². The summed E-state index contributed by atoms with van der Waals surface area (Å²) in [4.78, 5) is 14.2. The van der Waals surface area contributed by atoms with Crippen molar-refractivity contribution in [1.29, 1.82) is 0 Å². The quantitative estimate of drug-likeness (QED) is 0.168. The minimum absolute atomic E-state index is 0.0388. The molecule has 0 saturated heterocycles. The maximum atomic E-state index is 14.3. The van der Waals surface area contributed by atoms with Gasteiger partial charge in [0, 0.05) is 12.1 Å². The molecule has 1 aliphatic heterocycles. The standard InChI is InChI=1S/C37H42N2O5S/c1-43-35-26-24-32(27-36(35)44-2)45(41,42)39-33-22-10-9-19-30(33)23-25-34(39)37(40)38-31(20-11-17-28-13-5-3-6-14-28)21-12-18-29-15-7-4-8-16-29/h3-10,13-16,19,22,24,26-27,31,34H,11-12,17-18,20-21,23,25H2,1-2H3,(H,38,40)/t34-/m0/s1. The van der Waals surface area contributed by atoms with Crippen LogP contribution in [-0.4, -0.2) is 40.6 Å². The highest BCUT2D eigenvalue weighted by atomic mass is 32.2. The summed E-state index contributed by atoms with van der Waals surface area (Å²) in [6.45, 7) is 0. The number of methoxy groups -OCH3 is 2. The molecule has 4 aromatic carbocycles. The molecule has 236 valence electrons. The second kappa shape index (κ2) is 15.1. The fraction of sp³-hybridized carbons (Fsp3) is 0.324. The Labute approximate surface area is 267 Å². The van der Waals surface area contributed by atoms with E-state index in [1.807, 2.05) is 54.6 Å². The highest BCUT2D eigenvalue weighted by Crippen LogP contribution is 2.38. The Kier molecular flexibility index (Phi) is 10.8. The molecule has 0 bridgehead atoms. The van der Waals surface area contributed by atoms with Gasteiger partial charge in [-0.05, 0) is 86.3 Å². The number of nitrogens with one attached hydrogen (secondary N) is 1. The predicted molar refractivity (Wildman–Crippen MR) is 178 cm³/mol. The Bertz CT molecular complexity index is 1620. The number of aryl methyl sites for hydroxylation is 3. The van der Waals surface area contributed by atoms with Gasteiger partial charge in [0.25, 0.3) is 10.0 Å². The summed E-state index contributed by atoms with van der Waals surface area (Å²) in [5.74, 6) is 0.471. The molecule has 0 spiro atoms. The Balaban J connectivity index is 1.38. The van der Waals surface area contributed by atoms with Gasteiger partial charge in [0.05, 0.1) is 24.8 Å². The molecule has 4 aromatic rings. The van der Waals surface area contributed by atoms with Gasteiger partial charge in [-0.15, -0.1) is 0 Å². The first-order valence-corrected chi connectivity index (χ1v) is 17.1. The number of hydrogen-bond donors (Lipinski definition) is 1. The number of carbonyl (C=O) groups is 1. The molecule has 45 heavy (non-hydrogen) atoms. The highest BCUT2D eigenvalue weighted by molar-refractivity contribution is 7.93. The number of benzene rings is 4. The zero-order chi connectivity index (χ0) is 31.6. The van der Waals surface area contributed by atoms with Crippen molar-refractivity contribution in [2.24, 2.45) is 0 Å². The minimum Gasteiger partial charge on any atom is -0.493 e. The Morgan fingerprint density at radius 2 is 1.38 bits per heavy atom. The van der Waals surface area contributed by atoms with Crippen molar-refractivity contribution in [3.63, 3.8) is 0 Å². The van der Waals surface area contributed by atoms with E-state index in [2.05, 4.69) is 29.6 Å². The van der Waals surface area contributed by atoms with Crippen molar-refractivity contribution in [2.75, 3.05) is 18.5 Å². The first-order valence-electron chi connectivity index (χ1n) is 15.6. The van der Waals surface area contributed by atoms with E-state index in [0.29, 0.717) is 30.0 Å². The van der Waals surface area contributed by atoms with E-state index in [9.17, 15) is 13.2 Å². The number of sulfonamides is 1. The normalized spacial score (nSPS) is 14.6. The Morgan fingerprint density at radius 1 is 0.800 bits per heavy atom. The average Bonchev–Trinajstić information content (AvgIpc) is 3.08. The van der Waals surface area contributed by atoms with E-state index in [1.54, 1.807) is 12.1 Å². The molecule has 0 aliphatic carbocycles. The maximum Gasteiger partial charge on any atom is 0.265 e. The van der Waals surface area contributed by atoms with E-state index in [-0.39, 0.29) is 16.8 Å². The summed E-state index contributed by atoms with van der Waals surface area (Å²) in [6, 6.07) is 31.7. The highest BCUT2D eigenvalue weighted by Gasteiger charge is 2.40. The number of carbonyl (C=O) groups excluding carboxylic acids is 1. The van der Waals surface area contributed by atoms with E-state index in [1.165, 1.54) is 41.8 Å². The lowest BCUT2D eigenvalue weighted by Gasteiger charge is -2.37.